The van der Waals surface area contributed by atoms with Gasteiger partial charge < -0.3 is 16.0 Å². The molecule has 3 rings (SSSR count). The van der Waals surface area contributed by atoms with E-state index in [1.807, 2.05) is 31.2 Å². The maximum atomic E-state index is 12.4. The lowest BCUT2D eigenvalue weighted by Gasteiger charge is -2.12. The molecular formula is C21H25N3O2. The highest BCUT2D eigenvalue weighted by molar-refractivity contribution is 6.05. The standard InChI is InChI=1S/C21H25N3O2/c1-15-7-8-18(20(25)23-12-10-16-9-11-22-14-16)13-19(15)24-21(26)17-5-3-2-4-6-17/h2-8,13,16,22H,9-12,14H2,1H3,(H,23,25)(H,24,26). The fourth-order valence-electron chi connectivity index (χ4n) is 3.13. The van der Waals surface area contributed by atoms with Gasteiger partial charge in [0.25, 0.3) is 11.8 Å². The maximum absolute atomic E-state index is 12.4. The van der Waals surface area contributed by atoms with E-state index in [0.717, 1.165) is 25.1 Å². The lowest BCUT2D eigenvalue weighted by molar-refractivity contribution is 0.0950. The monoisotopic (exact) mass is 351 g/mol. The van der Waals surface area contributed by atoms with E-state index in [1.54, 1.807) is 24.3 Å². The van der Waals surface area contributed by atoms with Crippen LogP contribution in [0, 0.1) is 12.8 Å². The normalized spacial score (nSPS) is 16.3. The first-order valence-corrected chi connectivity index (χ1v) is 9.09. The summed E-state index contributed by atoms with van der Waals surface area (Å²) in [6, 6.07) is 14.4. The summed E-state index contributed by atoms with van der Waals surface area (Å²) in [4.78, 5) is 24.7. The molecule has 0 bridgehead atoms. The van der Waals surface area contributed by atoms with E-state index >= 15 is 0 Å². The molecule has 0 aliphatic carbocycles. The van der Waals surface area contributed by atoms with E-state index in [4.69, 9.17) is 0 Å². The third-order valence-electron chi connectivity index (χ3n) is 4.78. The topological polar surface area (TPSA) is 70.2 Å². The Balaban J connectivity index is 1.61. The first-order valence-electron chi connectivity index (χ1n) is 9.09. The Kier molecular flexibility index (Phi) is 6.02. The third kappa shape index (κ3) is 4.70. The second-order valence-electron chi connectivity index (χ2n) is 6.75. The summed E-state index contributed by atoms with van der Waals surface area (Å²) < 4.78 is 0. The Morgan fingerprint density at radius 2 is 1.88 bits per heavy atom. The molecule has 5 nitrogen and oxygen atoms in total. The molecule has 1 atom stereocenters. The number of carbonyl (C=O) groups excluding carboxylic acids is 2. The van der Waals surface area contributed by atoms with Gasteiger partial charge in [0, 0.05) is 23.4 Å². The van der Waals surface area contributed by atoms with Crippen LogP contribution >= 0.6 is 0 Å². The average molecular weight is 351 g/mol. The number of hydrogen-bond donors (Lipinski definition) is 3. The lowest BCUT2D eigenvalue weighted by atomic mass is 10.0. The van der Waals surface area contributed by atoms with E-state index in [0.29, 0.717) is 29.3 Å². The summed E-state index contributed by atoms with van der Waals surface area (Å²) in [5, 5.41) is 9.21. The van der Waals surface area contributed by atoms with Gasteiger partial charge in [-0.25, -0.2) is 0 Å². The Hall–Kier alpha value is -2.66. The molecule has 1 fully saturated rings. The van der Waals surface area contributed by atoms with Crippen molar-refractivity contribution >= 4 is 17.5 Å². The molecule has 0 aromatic heterocycles. The van der Waals surface area contributed by atoms with Crippen LogP contribution in [0.3, 0.4) is 0 Å². The zero-order chi connectivity index (χ0) is 18.4. The highest BCUT2D eigenvalue weighted by Gasteiger charge is 2.15. The van der Waals surface area contributed by atoms with Crippen molar-refractivity contribution in [2.24, 2.45) is 5.92 Å². The van der Waals surface area contributed by atoms with Crippen LogP contribution in [-0.4, -0.2) is 31.4 Å². The number of amides is 2. The molecule has 1 unspecified atom stereocenters. The number of anilines is 1. The van der Waals surface area contributed by atoms with Crippen LogP contribution in [0.4, 0.5) is 5.69 Å². The van der Waals surface area contributed by atoms with Crippen LogP contribution in [0.2, 0.25) is 0 Å². The molecule has 2 aromatic rings. The minimum absolute atomic E-state index is 0.105. The van der Waals surface area contributed by atoms with E-state index in [-0.39, 0.29) is 11.8 Å². The van der Waals surface area contributed by atoms with Gasteiger partial charge in [0.15, 0.2) is 0 Å². The van der Waals surface area contributed by atoms with Gasteiger partial charge in [0.05, 0.1) is 0 Å². The smallest absolute Gasteiger partial charge is 0.255 e. The first kappa shape index (κ1) is 18.1. The number of hydrogen-bond acceptors (Lipinski definition) is 3. The molecule has 1 saturated heterocycles. The van der Waals surface area contributed by atoms with Gasteiger partial charge in [-0.2, -0.15) is 0 Å². The van der Waals surface area contributed by atoms with Gasteiger partial charge in [-0.05, 0) is 68.6 Å². The molecular weight excluding hydrogens is 326 g/mol. The first-order chi connectivity index (χ1) is 12.6. The maximum Gasteiger partial charge on any atom is 0.255 e. The quantitative estimate of drug-likeness (QED) is 0.749. The fraction of sp³-hybridized carbons (Fsp3) is 0.333. The zero-order valence-corrected chi connectivity index (χ0v) is 15.0. The van der Waals surface area contributed by atoms with Gasteiger partial charge in [-0.15, -0.1) is 0 Å². The lowest BCUT2D eigenvalue weighted by Crippen LogP contribution is -2.26. The minimum atomic E-state index is -0.181. The highest BCUT2D eigenvalue weighted by Crippen LogP contribution is 2.18. The molecule has 5 heteroatoms. The fourth-order valence-corrected chi connectivity index (χ4v) is 3.13. The molecule has 3 N–H and O–H groups in total. The largest absolute Gasteiger partial charge is 0.352 e. The Bertz CT molecular complexity index is 768. The van der Waals surface area contributed by atoms with Gasteiger partial charge in [0.1, 0.15) is 0 Å². The third-order valence-corrected chi connectivity index (χ3v) is 4.78. The second-order valence-corrected chi connectivity index (χ2v) is 6.75. The average Bonchev–Trinajstić information content (AvgIpc) is 3.17. The van der Waals surface area contributed by atoms with Crippen molar-refractivity contribution < 1.29 is 9.59 Å². The Morgan fingerprint density at radius 1 is 1.08 bits per heavy atom. The number of carbonyl (C=O) groups is 2. The van der Waals surface area contributed by atoms with Crippen LogP contribution in [0.15, 0.2) is 48.5 Å². The van der Waals surface area contributed by atoms with Gasteiger partial charge in [-0.1, -0.05) is 24.3 Å². The molecule has 1 aliphatic rings. The number of nitrogens with one attached hydrogen (secondary N) is 3. The summed E-state index contributed by atoms with van der Waals surface area (Å²) in [5.74, 6) is 0.361. The van der Waals surface area contributed by atoms with Crippen LogP contribution in [-0.2, 0) is 0 Å². The van der Waals surface area contributed by atoms with Crippen molar-refractivity contribution in [3.05, 3.63) is 65.2 Å². The number of rotatable bonds is 6. The summed E-state index contributed by atoms with van der Waals surface area (Å²) in [7, 11) is 0. The Labute approximate surface area is 154 Å². The van der Waals surface area contributed by atoms with Crippen molar-refractivity contribution in [2.75, 3.05) is 25.0 Å². The van der Waals surface area contributed by atoms with Crippen molar-refractivity contribution in [3.8, 4) is 0 Å². The second kappa shape index (κ2) is 8.63. The van der Waals surface area contributed by atoms with E-state index in [1.165, 1.54) is 6.42 Å². The van der Waals surface area contributed by atoms with Crippen LogP contribution in [0.1, 0.15) is 39.1 Å². The SMILES string of the molecule is Cc1ccc(C(=O)NCCC2CCNC2)cc1NC(=O)c1ccccc1. The van der Waals surface area contributed by atoms with Crippen molar-refractivity contribution in [1.29, 1.82) is 0 Å². The number of aryl methyl sites for hydroxylation is 1. The molecule has 26 heavy (non-hydrogen) atoms. The minimum Gasteiger partial charge on any atom is -0.352 e. The van der Waals surface area contributed by atoms with Gasteiger partial charge in [-0.3, -0.25) is 9.59 Å². The zero-order valence-electron chi connectivity index (χ0n) is 15.0. The molecule has 0 spiro atoms. The molecule has 0 radical (unpaired) electrons. The molecule has 0 saturated carbocycles. The highest BCUT2D eigenvalue weighted by atomic mass is 16.2. The summed E-state index contributed by atoms with van der Waals surface area (Å²) in [5.41, 5.74) is 2.73. The molecule has 1 heterocycles. The van der Waals surface area contributed by atoms with Crippen LogP contribution in [0.5, 0.6) is 0 Å². The van der Waals surface area contributed by atoms with Gasteiger partial charge in [0.2, 0.25) is 0 Å². The van der Waals surface area contributed by atoms with E-state index < -0.39 is 0 Å². The van der Waals surface area contributed by atoms with Crippen LogP contribution < -0.4 is 16.0 Å². The molecule has 2 aromatic carbocycles. The molecule has 2 amide bonds. The van der Waals surface area contributed by atoms with Crippen molar-refractivity contribution in [3.63, 3.8) is 0 Å². The summed E-state index contributed by atoms with van der Waals surface area (Å²) in [6.07, 6.45) is 2.16. The predicted octanol–water partition coefficient (Wildman–Crippen LogP) is 2.98. The molecule has 1 aliphatic heterocycles. The van der Waals surface area contributed by atoms with Crippen molar-refractivity contribution in [1.82, 2.24) is 10.6 Å². The van der Waals surface area contributed by atoms with Crippen LogP contribution in [0.25, 0.3) is 0 Å². The Morgan fingerprint density at radius 3 is 2.62 bits per heavy atom. The van der Waals surface area contributed by atoms with Crippen molar-refractivity contribution in [2.45, 2.75) is 19.8 Å². The van der Waals surface area contributed by atoms with E-state index in [2.05, 4.69) is 16.0 Å². The van der Waals surface area contributed by atoms with Gasteiger partial charge >= 0.3 is 0 Å². The molecule has 136 valence electrons. The summed E-state index contributed by atoms with van der Waals surface area (Å²) in [6.45, 7) is 4.69. The van der Waals surface area contributed by atoms with E-state index in [9.17, 15) is 9.59 Å². The summed E-state index contributed by atoms with van der Waals surface area (Å²) >= 11 is 0. The number of benzene rings is 2. The predicted molar refractivity (Wildman–Crippen MR) is 104 cm³/mol.